The summed E-state index contributed by atoms with van der Waals surface area (Å²) in [6.07, 6.45) is 6.30. The number of likely N-dealkylation sites (tertiary alicyclic amines) is 1. The molecule has 132 valence electrons. The summed E-state index contributed by atoms with van der Waals surface area (Å²) in [4.78, 5) is 14.7. The fourth-order valence-corrected chi connectivity index (χ4v) is 3.37. The Morgan fingerprint density at radius 1 is 1.08 bits per heavy atom. The topological polar surface area (TPSA) is 50.8 Å². The Labute approximate surface area is 144 Å². The third-order valence-electron chi connectivity index (χ3n) is 4.76. The van der Waals surface area contributed by atoms with Crippen molar-refractivity contribution in [2.24, 2.45) is 0 Å². The molecule has 1 aromatic rings. The largest absolute Gasteiger partial charge is 0.486 e. The van der Waals surface area contributed by atoms with Gasteiger partial charge in [0, 0.05) is 0 Å². The van der Waals surface area contributed by atoms with E-state index in [0.717, 1.165) is 30.2 Å². The van der Waals surface area contributed by atoms with Gasteiger partial charge in [0.25, 0.3) is 0 Å². The van der Waals surface area contributed by atoms with Crippen LogP contribution in [0.5, 0.6) is 11.5 Å². The maximum Gasteiger partial charge on any atom is 0.234 e. The molecule has 0 unspecified atom stereocenters. The molecule has 5 heteroatoms. The Balaban J connectivity index is 1.53. The van der Waals surface area contributed by atoms with Crippen LogP contribution in [0.1, 0.15) is 50.6 Å². The van der Waals surface area contributed by atoms with Crippen LogP contribution in [0.15, 0.2) is 18.2 Å². The van der Waals surface area contributed by atoms with Crippen LogP contribution in [0.2, 0.25) is 0 Å². The van der Waals surface area contributed by atoms with Crippen molar-refractivity contribution < 1.29 is 14.3 Å². The Morgan fingerprint density at radius 3 is 2.50 bits per heavy atom. The summed E-state index contributed by atoms with van der Waals surface area (Å²) in [5.41, 5.74) is 1.04. The van der Waals surface area contributed by atoms with Gasteiger partial charge in [0.2, 0.25) is 5.91 Å². The van der Waals surface area contributed by atoms with E-state index in [1.54, 1.807) is 0 Å². The second kappa shape index (κ2) is 8.38. The molecule has 5 nitrogen and oxygen atoms in total. The van der Waals surface area contributed by atoms with Gasteiger partial charge in [-0.05, 0) is 50.6 Å². The van der Waals surface area contributed by atoms with E-state index in [0.29, 0.717) is 19.8 Å². The molecule has 1 atom stereocenters. The Morgan fingerprint density at radius 2 is 1.75 bits per heavy atom. The molecule has 2 aliphatic rings. The van der Waals surface area contributed by atoms with Crippen molar-refractivity contribution in [3.8, 4) is 11.5 Å². The minimum absolute atomic E-state index is 0.0388. The van der Waals surface area contributed by atoms with Gasteiger partial charge in [-0.25, -0.2) is 0 Å². The molecule has 1 N–H and O–H groups in total. The number of nitrogens with one attached hydrogen (secondary N) is 1. The molecule has 0 spiro atoms. The average Bonchev–Trinajstić information content (AvgIpc) is 2.56. The van der Waals surface area contributed by atoms with Crippen LogP contribution in [-0.4, -0.2) is 43.7 Å². The molecule has 1 fully saturated rings. The second-order valence-corrected chi connectivity index (χ2v) is 6.74. The number of nitrogens with zero attached hydrogens (tertiary/aromatic N) is 1. The third kappa shape index (κ3) is 4.63. The molecule has 3 rings (SSSR count). The van der Waals surface area contributed by atoms with Gasteiger partial charge in [0.05, 0.1) is 12.6 Å². The van der Waals surface area contributed by atoms with Crippen molar-refractivity contribution in [1.29, 1.82) is 0 Å². The molecule has 0 aliphatic carbocycles. The van der Waals surface area contributed by atoms with E-state index in [9.17, 15) is 4.79 Å². The summed E-state index contributed by atoms with van der Waals surface area (Å²) in [6, 6.07) is 5.84. The van der Waals surface area contributed by atoms with Gasteiger partial charge in [0.15, 0.2) is 11.5 Å². The van der Waals surface area contributed by atoms with Gasteiger partial charge in [-0.3, -0.25) is 9.69 Å². The summed E-state index contributed by atoms with van der Waals surface area (Å²) in [5, 5.41) is 3.11. The first-order chi connectivity index (χ1) is 11.7. The fourth-order valence-electron chi connectivity index (χ4n) is 3.37. The van der Waals surface area contributed by atoms with Crippen LogP contribution >= 0.6 is 0 Å². The lowest BCUT2D eigenvalue weighted by atomic mass is 10.1. The molecule has 2 aliphatic heterocycles. The van der Waals surface area contributed by atoms with E-state index in [1.807, 2.05) is 25.1 Å². The zero-order valence-electron chi connectivity index (χ0n) is 14.6. The zero-order valence-corrected chi connectivity index (χ0v) is 14.6. The standard InChI is InChI=1S/C19H28N2O3/c1-15(16-7-8-17-18(13-16)24-12-11-23-17)20-19(22)14-21-9-5-3-2-4-6-10-21/h7-8,13,15H,2-6,9-12,14H2,1H3,(H,20,22)/t15-/m1/s1. The van der Waals surface area contributed by atoms with Crippen LogP contribution < -0.4 is 14.8 Å². The lowest BCUT2D eigenvalue weighted by Crippen LogP contribution is -2.39. The number of amides is 1. The fraction of sp³-hybridized carbons (Fsp3) is 0.632. The van der Waals surface area contributed by atoms with Crippen LogP contribution in [0, 0.1) is 0 Å². The summed E-state index contributed by atoms with van der Waals surface area (Å²) < 4.78 is 11.2. The Bertz CT molecular complexity index is 554. The average molecular weight is 332 g/mol. The SMILES string of the molecule is C[C@@H](NC(=O)CN1CCCCCCC1)c1ccc2c(c1)OCCO2. The van der Waals surface area contributed by atoms with E-state index in [2.05, 4.69) is 10.2 Å². The molecule has 0 saturated carbocycles. The molecule has 0 bridgehead atoms. The first kappa shape index (κ1) is 17.1. The van der Waals surface area contributed by atoms with Gasteiger partial charge in [-0.1, -0.05) is 25.3 Å². The summed E-state index contributed by atoms with van der Waals surface area (Å²) in [7, 11) is 0. The van der Waals surface area contributed by atoms with Crippen LogP contribution in [0.25, 0.3) is 0 Å². The van der Waals surface area contributed by atoms with Gasteiger partial charge in [-0.2, -0.15) is 0 Å². The molecule has 2 heterocycles. The number of carbonyl (C=O) groups excluding carboxylic acids is 1. The number of hydrogen-bond acceptors (Lipinski definition) is 4. The van der Waals surface area contributed by atoms with E-state index in [1.165, 1.54) is 32.1 Å². The summed E-state index contributed by atoms with van der Waals surface area (Å²) >= 11 is 0. The van der Waals surface area contributed by atoms with E-state index < -0.39 is 0 Å². The molecule has 0 aromatic heterocycles. The monoisotopic (exact) mass is 332 g/mol. The van der Waals surface area contributed by atoms with Crippen molar-refractivity contribution in [2.45, 2.75) is 45.1 Å². The third-order valence-corrected chi connectivity index (χ3v) is 4.76. The zero-order chi connectivity index (χ0) is 16.8. The van der Waals surface area contributed by atoms with E-state index in [-0.39, 0.29) is 11.9 Å². The second-order valence-electron chi connectivity index (χ2n) is 6.74. The predicted octanol–water partition coefficient (Wildman–Crippen LogP) is 2.90. The number of benzene rings is 1. The first-order valence-electron chi connectivity index (χ1n) is 9.13. The highest BCUT2D eigenvalue weighted by molar-refractivity contribution is 5.78. The van der Waals surface area contributed by atoms with Gasteiger partial charge < -0.3 is 14.8 Å². The molecule has 0 radical (unpaired) electrons. The van der Waals surface area contributed by atoms with Crippen molar-refractivity contribution in [3.63, 3.8) is 0 Å². The molecule has 1 saturated heterocycles. The number of ether oxygens (including phenoxy) is 2. The van der Waals surface area contributed by atoms with Crippen LogP contribution in [-0.2, 0) is 4.79 Å². The minimum atomic E-state index is -0.0388. The van der Waals surface area contributed by atoms with Crippen molar-refractivity contribution in [2.75, 3.05) is 32.8 Å². The smallest absolute Gasteiger partial charge is 0.234 e. The Kier molecular flexibility index (Phi) is 5.96. The molecule has 24 heavy (non-hydrogen) atoms. The molecular formula is C19H28N2O3. The quantitative estimate of drug-likeness (QED) is 0.921. The van der Waals surface area contributed by atoms with Crippen molar-refractivity contribution >= 4 is 5.91 Å². The summed E-state index contributed by atoms with van der Waals surface area (Å²) in [5.74, 6) is 1.64. The normalized spacial score (nSPS) is 19.9. The van der Waals surface area contributed by atoms with E-state index in [4.69, 9.17) is 9.47 Å². The lowest BCUT2D eigenvalue weighted by Gasteiger charge is -2.25. The highest BCUT2D eigenvalue weighted by atomic mass is 16.6. The number of rotatable bonds is 4. The molecule has 1 amide bonds. The van der Waals surface area contributed by atoms with Gasteiger partial charge in [-0.15, -0.1) is 0 Å². The highest BCUT2D eigenvalue weighted by Gasteiger charge is 2.17. The highest BCUT2D eigenvalue weighted by Crippen LogP contribution is 2.32. The van der Waals surface area contributed by atoms with Crippen LogP contribution in [0.4, 0.5) is 0 Å². The van der Waals surface area contributed by atoms with Crippen molar-refractivity contribution in [1.82, 2.24) is 10.2 Å². The maximum absolute atomic E-state index is 12.4. The predicted molar refractivity (Wildman–Crippen MR) is 93.5 cm³/mol. The maximum atomic E-state index is 12.4. The lowest BCUT2D eigenvalue weighted by molar-refractivity contribution is -0.123. The molecule has 1 aromatic carbocycles. The number of carbonyl (C=O) groups is 1. The molecular weight excluding hydrogens is 304 g/mol. The first-order valence-corrected chi connectivity index (χ1v) is 9.13. The van der Waals surface area contributed by atoms with Crippen LogP contribution in [0.3, 0.4) is 0 Å². The minimum Gasteiger partial charge on any atom is -0.486 e. The van der Waals surface area contributed by atoms with Gasteiger partial charge in [0.1, 0.15) is 13.2 Å². The number of hydrogen-bond donors (Lipinski definition) is 1. The summed E-state index contributed by atoms with van der Waals surface area (Å²) in [6.45, 7) is 5.74. The number of fused-ring (bicyclic) bond motifs is 1. The van der Waals surface area contributed by atoms with Crippen molar-refractivity contribution in [3.05, 3.63) is 23.8 Å². The Hall–Kier alpha value is -1.75. The van der Waals surface area contributed by atoms with E-state index >= 15 is 0 Å². The van der Waals surface area contributed by atoms with Gasteiger partial charge >= 0.3 is 0 Å².